The molecule has 2 rings (SSSR count). The molecular weight excluding hydrogens is 358 g/mol. The first kappa shape index (κ1) is 19.2. The molecule has 0 spiro atoms. The molecule has 0 aliphatic heterocycles. The van der Waals surface area contributed by atoms with Crippen LogP contribution in [0, 0.1) is 11.6 Å². The predicted molar refractivity (Wildman–Crippen MR) is 82.9 cm³/mol. The van der Waals surface area contributed by atoms with Crippen molar-refractivity contribution in [1.29, 1.82) is 0 Å². The van der Waals surface area contributed by atoms with Crippen LogP contribution in [0.4, 0.5) is 23.2 Å². The fourth-order valence-corrected chi connectivity index (χ4v) is 1.88. The molecular formula is C17H13F4NO4. The number of ether oxygens (including phenoxy) is 2. The van der Waals surface area contributed by atoms with Crippen LogP contribution in [-0.2, 0) is 9.53 Å². The third-order valence-electron chi connectivity index (χ3n) is 3.16. The first-order valence-corrected chi connectivity index (χ1v) is 7.28. The van der Waals surface area contributed by atoms with Crippen molar-refractivity contribution in [3.8, 4) is 5.75 Å². The van der Waals surface area contributed by atoms with Gasteiger partial charge in [-0.2, -0.15) is 8.78 Å². The predicted octanol–water partition coefficient (Wildman–Crippen LogP) is 3.75. The van der Waals surface area contributed by atoms with Gasteiger partial charge < -0.3 is 14.8 Å². The van der Waals surface area contributed by atoms with Gasteiger partial charge in [0.25, 0.3) is 5.91 Å². The molecule has 0 fully saturated rings. The Balaban J connectivity index is 1.96. The van der Waals surface area contributed by atoms with Crippen molar-refractivity contribution >= 4 is 17.6 Å². The van der Waals surface area contributed by atoms with Crippen molar-refractivity contribution in [3.63, 3.8) is 0 Å². The second-order valence-corrected chi connectivity index (χ2v) is 5.06. The molecule has 26 heavy (non-hydrogen) atoms. The normalized spacial score (nSPS) is 11.8. The van der Waals surface area contributed by atoms with Crippen LogP contribution in [0.5, 0.6) is 5.75 Å². The Labute approximate surface area is 145 Å². The maximum absolute atomic E-state index is 13.5. The number of rotatable bonds is 6. The first-order chi connectivity index (χ1) is 12.3. The van der Waals surface area contributed by atoms with Gasteiger partial charge in [0.1, 0.15) is 17.4 Å². The molecule has 138 valence electrons. The summed E-state index contributed by atoms with van der Waals surface area (Å²) in [4.78, 5) is 23.9. The zero-order chi connectivity index (χ0) is 19.3. The maximum Gasteiger partial charge on any atom is 0.387 e. The summed E-state index contributed by atoms with van der Waals surface area (Å²) in [6.45, 7) is -1.74. The van der Waals surface area contributed by atoms with E-state index in [-0.39, 0.29) is 17.0 Å². The Morgan fingerprint density at radius 3 is 2.27 bits per heavy atom. The molecule has 0 bridgehead atoms. The summed E-state index contributed by atoms with van der Waals surface area (Å²) in [7, 11) is 0. The summed E-state index contributed by atoms with van der Waals surface area (Å²) in [6.07, 6.45) is -1.29. The second kappa shape index (κ2) is 8.32. The largest absolute Gasteiger partial charge is 0.449 e. The maximum atomic E-state index is 13.5. The minimum atomic E-state index is -3.00. The number of benzene rings is 2. The van der Waals surface area contributed by atoms with Gasteiger partial charge >= 0.3 is 12.6 Å². The van der Waals surface area contributed by atoms with Crippen LogP contribution in [0.3, 0.4) is 0 Å². The van der Waals surface area contributed by atoms with Crippen LogP contribution in [-0.4, -0.2) is 24.6 Å². The molecule has 0 aliphatic carbocycles. The number of halogens is 4. The van der Waals surface area contributed by atoms with Gasteiger partial charge in [0, 0.05) is 6.07 Å². The lowest BCUT2D eigenvalue weighted by Crippen LogP contribution is -2.30. The molecule has 0 radical (unpaired) electrons. The second-order valence-electron chi connectivity index (χ2n) is 5.06. The Kier molecular flexibility index (Phi) is 6.16. The molecule has 1 atom stereocenters. The highest BCUT2D eigenvalue weighted by Crippen LogP contribution is 2.17. The number of amides is 1. The van der Waals surface area contributed by atoms with E-state index < -0.39 is 36.2 Å². The average Bonchev–Trinajstić information content (AvgIpc) is 2.57. The molecule has 0 aromatic heterocycles. The van der Waals surface area contributed by atoms with Crippen molar-refractivity contribution in [3.05, 3.63) is 59.7 Å². The standard InChI is InChI=1S/C17H13F4NO4/c1-9(15(23)22-14-7-4-11(18)8-13(14)19)25-16(24)10-2-5-12(6-3-10)26-17(20)21/h2-9,17H,1H3,(H,22,23)/t9-/m1/s1. The number of hydrogen-bond acceptors (Lipinski definition) is 4. The molecule has 0 heterocycles. The van der Waals surface area contributed by atoms with E-state index in [1.165, 1.54) is 19.1 Å². The minimum Gasteiger partial charge on any atom is -0.449 e. The summed E-state index contributed by atoms with van der Waals surface area (Å²) in [6, 6.07) is 7.23. The molecule has 0 unspecified atom stereocenters. The van der Waals surface area contributed by atoms with Crippen LogP contribution >= 0.6 is 0 Å². The Bertz CT molecular complexity index is 796. The molecule has 0 aliphatic rings. The lowest BCUT2D eigenvalue weighted by molar-refractivity contribution is -0.123. The van der Waals surface area contributed by atoms with E-state index in [0.29, 0.717) is 6.07 Å². The van der Waals surface area contributed by atoms with Crippen LogP contribution < -0.4 is 10.1 Å². The summed E-state index contributed by atoms with van der Waals surface area (Å²) in [5.74, 6) is -3.66. The van der Waals surface area contributed by atoms with Crippen LogP contribution in [0.1, 0.15) is 17.3 Å². The fraction of sp³-hybridized carbons (Fsp3) is 0.176. The molecule has 9 heteroatoms. The van der Waals surface area contributed by atoms with Gasteiger partial charge in [-0.15, -0.1) is 0 Å². The fourth-order valence-electron chi connectivity index (χ4n) is 1.88. The number of anilines is 1. The molecule has 5 nitrogen and oxygen atoms in total. The Hall–Kier alpha value is -3.10. The average molecular weight is 371 g/mol. The number of alkyl halides is 2. The topological polar surface area (TPSA) is 64.6 Å². The lowest BCUT2D eigenvalue weighted by atomic mass is 10.2. The van der Waals surface area contributed by atoms with Crippen molar-refractivity contribution in [2.24, 2.45) is 0 Å². The van der Waals surface area contributed by atoms with Crippen molar-refractivity contribution in [1.82, 2.24) is 0 Å². The zero-order valence-electron chi connectivity index (χ0n) is 13.3. The van der Waals surface area contributed by atoms with Crippen molar-refractivity contribution < 1.29 is 36.6 Å². The number of nitrogens with one attached hydrogen (secondary N) is 1. The molecule has 1 amide bonds. The summed E-state index contributed by atoms with van der Waals surface area (Å²) < 4.78 is 59.5. The highest BCUT2D eigenvalue weighted by molar-refractivity contribution is 5.97. The van der Waals surface area contributed by atoms with Crippen LogP contribution in [0.15, 0.2) is 42.5 Å². The number of hydrogen-bond donors (Lipinski definition) is 1. The Morgan fingerprint density at radius 2 is 1.69 bits per heavy atom. The van der Waals surface area contributed by atoms with Crippen molar-refractivity contribution in [2.75, 3.05) is 5.32 Å². The van der Waals surface area contributed by atoms with Gasteiger partial charge in [-0.3, -0.25) is 4.79 Å². The summed E-state index contributed by atoms with van der Waals surface area (Å²) in [5, 5.41) is 2.16. The minimum absolute atomic E-state index is 0.000714. The van der Waals surface area contributed by atoms with E-state index >= 15 is 0 Å². The molecule has 0 saturated heterocycles. The molecule has 1 N–H and O–H groups in total. The van der Waals surface area contributed by atoms with Crippen molar-refractivity contribution in [2.45, 2.75) is 19.6 Å². The quantitative estimate of drug-likeness (QED) is 0.621. The number of carbonyl (C=O) groups is 2. The third kappa shape index (κ3) is 5.20. The van der Waals surface area contributed by atoms with Gasteiger partial charge in [-0.25, -0.2) is 13.6 Å². The van der Waals surface area contributed by atoms with E-state index in [1.807, 2.05) is 0 Å². The highest BCUT2D eigenvalue weighted by atomic mass is 19.3. The van der Waals surface area contributed by atoms with Crippen LogP contribution in [0.2, 0.25) is 0 Å². The first-order valence-electron chi connectivity index (χ1n) is 7.28. The number of carbonyl (C=O) groups excluding carboxylic acids is 2. The van der Waals surface area contributed by atoms with Gasteiger partial charge in [-0.1, -0.05) is 0 Å². The summed E-state index contributed by atoms with van der Waals surface area (Å²) in [5.41, 5.74) is -0.271. The zero-order valence-corrected chi connectivity index (χ0v) is 13.3. The smallest absolute Gasteiger partial charge is 0.387 e. The van der Waals surface area contributed by atoms with Gasteiger partial charge in [0.15, 0.2) is 6.10 Å². The Morgan fingerprint density at radius 1 is 1.04 bits per heavy atom. The lowest BCUT2D eigenvalue weighted by Gasteiger charge is -2.14. The van der Waals surface area contributed by atoms with Gasteiger partial charge in [-0.05, 0) is 43.3 Å². The van der Waals surface area contributed by atoms with Gasteiger partial charge in [0.05, 0.1) is 11.3 Å². The highest BCUT2D eigenvalue weighted by Gasteiger charge is 2.20. The van der Waals surface area contributed by atoms with E-state index in [1.54, 1.807) is 0 Å². The molecule has 0 saturated carbocycles. The van der Waals surface area contributed by atoms with E-state index in [9.17, 15) is 27.2 Å². The monoisotopic (exact) mass is 371 g/mol. The number of esters is 1. The van der Waals surface area contributed by atoms with E-state index in [0.717, 1.165) is 24.3 Å². The van der Waals surface area contributed by atoms with E-state index in [2.05, 4.69) is 10.1 Å². The molecule has 2 aromatic rings. The molecule has 2 aromatic carbocycles. The third-order valence-corrected chi connectivity index (χ3v) is 3.16. The van der Waals surface area contributed by atoms with E-state index in [4.69, 9.17) is 4.74 Å². The van der Waals surface area contributed by atoms with Crippen LogP contribution in [0.25, 0.3) is 0 Å². The summed E-state index contributed by atoms with van der Waals surface area (Å²) >= 11 is 0. The van der Waals surface area contributed by atoms with Gasteiger partial charge in [0.2, 0.25) is 0 Å². The SMILES string of the molecule is C[C@@H](OC(=O)c1ccc(OC(F)F)cc1)C(=O)Nc1ccc(F)cc1F.